The van der Waals surface area contributed by atoms with Gasteiger partial charge in [0.1, 0.15) is 13.3 Å². The second-order valence-electron chi connectivity index (χ2n) is 7.69. The molecule has 0 saturated carbocycles. The molecule has 0 aromatic heterocycles. The summed E-state index contributed by atoms with van der Waals surface area (Å²) in [5.41, 5.74) is 10.9. The van der Waals surface area contributed by atoms with Gasteiger partial charge in [-0.05, 0) is 48.2 Å². The largest absolute Gasteiger partial charge is 0.465 e. The summed E-state index contributed by atoms with van der Waals surface area (Å²) < 4.78 is 76.2. The van der Waals surface area contributed by atoms with Crippen molar-refractivity contribution in [3.8, 4) is 0 Å². The molecular weight excluding hydrogens is 520 g/mol. The van der Waals surface area contributed by atoms with Crippen LogP contribution < -0.4 is 11.5 Å². The van der Waals surface area contributed by atoms with E-state index in [4.69, 9.17) is 11.5 Å². The zero-order valence-electron chi connectivity index (χ0n) is 20.3. The number of methoxy groups -OCH3 is 1. The molecule has 0 unspecified atom stereocenters. The van der Waals surface area contributed by atoms with E-state index in [2.05, 4.69) is 9.73 Å². The summed E-state index contributed by atoms with van der Waals surface area (Å²) in [6.45, 7) is 1.29. The molecule has 0 fully saturated rings. The van der Waals surface area contributed by atoms with Crippen LogP contribution >= 0.6 is 0 Å². The van der Waals surface area contributed by atoms with Crippen LogP contribution in [0.2, 0.25) is 0 Å². The summed E-state index contributed by atoms with van der Waals surface area (Å²) in [7, 11) is -5.82. The van der Waals surface area contributed by atoms with Crippen molar-refractivity contribution in [1.82, 2.24) is 0 Å². The smallest absolute Gasteiger partial charge is 0.338 e. The number of nitrogens with two attached hydrogens (primary N) is 2. The average Bonchev–Trinajstić information content (AvgIpc) is 2.76. The van der Waals surface area contributed by atoms with Gasteiger partial charge in [0.05, 0.1) is 22.5 Å². The van der Waals surface area contributed by atoms with Crippen LogP contribution in [0.1, 0.15) is 43.0 Å². The number of alkyl halides is 2. The minimum Gasteiger partial charge on any atom is -0.465 e. The Labute approximate surface area is 208 Å². The summed E-state index contributed by atoms with van der Waals surface area (Å²) in [6, 6.07) is 4.90. The first-order valence-corrected chi connectivity index (χ1v) is 13.8. The molecule has 2 rings (SSSR count). The number of guanidine groups is 1. The summed E-state index contributed by atoms with van der Waals surface area (Å²) >= 11 is 0. The van der Waals surface area contributed by atoms with Gasteiger partial charge in [0.2, 0.25) is 0 Å². The van der Waals surface area contributed by atoms with Crippen LogP contribution in [-0.4, -0.2) is 54.3 Å². The van der Waals surface area contributed by atoms with E-state index < -0.39 is 50.9 Å². The maximum absolute atomic E-state index is 12.9. The number of hydrogen-bond donors (Lipinski definition) is 2. The molecule has 198 valence electrons. The molecule has 0 bridgehead atoms. The molecule has 2 aromatic carbocycles. The van der Waals surface area contributed by atoms with Gasteiger partial charge < -0.3 is 16.2 Å². The normalized spacial score (nSPS) is 11.2. The predicted molar refractivity (Wildman–Crippen MR) is 130 cm³/mol. The summed E-state index contributed by atoms with van der Waals surface area (Å²) in [4.78, 5) is 26.3. The van der Waals surface area contributed by atoms with Crippen molar-refractivity contribution in [3.63, 3.8) is 0 Å². The number of nitrogens with zero attached hydrogens (tertiary/aromatic N) is 1. The zero-order valence-corrected chi connectivity index (χ0v) is 21.9. The third kappa shape index (κ3) is 7.81. The molecule has 14 heteroatoms. The van der Waals surface area contributed by atoms with Crippen LogP contribution in [0.4, 0.5) is 8.78 Å². The van der Waals surface area contributed by atoms with Crippen LogP contribution in [0.3, 0.4) is 0 Å². The van der Waals surface area contributed by atoms with Crippen LogP contribution in [0.15, 0.2) is 39.0 Å². The Morgan fingerprint density at radius 3 is 1.56 bits per heavy atom. The van der Waals surface area contributed by atoms with Gasteiger partial charge in [0.25, 0.3) is 5.91 Å². The Kier molecular flexibility index (Phi) is 10.2. The van der Waals surface area contributed by atoms with Gasteiger partial charge in [-0.2, -0.15) is 4.99 Å². The highest BCUT2D eigenvalue weighted by Gasteiger charge is 2.20. The molecule has 0 spiro atoms. The van der Waals surface area contributed by atoms with Gasteiger partial charge in [-0.15, -0.1) is 0 Å². The number of benzene rings is 2. The Bertz CT molecular complexity index is 1420. The van der Waals surface area contributed by atoms with E-state index in [1.54, 1.807) is 6.92 Å². The van der Waals surface area contributed by atoms with Gasteiger partial charge in [-0.3, -0.25) is 4.79 Å². The standard InChI is InChI=1S/C11H14FN3O3S.C11H13FO4S/c1-6-3-7(5-12)8(10(16)15-11(13)14)4-9(6)19(2,17)18;1-7-4-8(6-12)9(11(13)16-2)5-10(7)17(3,14)15/h3-4H,5H2,1-2H3,(H4,13,14,15,16);4-5H,6H2,1-3H3. The number of halogens is 2. The Hall–Kier alpha value is -3.39. The molecule has 0 saturated heterocycles. The molecule has 10 nitrogen and oxygen atoms in total. The summed E-state index contributed by atoms with van der Waals surface area (Å²) in [5, 5.41) is 0. The lowest BCUT2D eigenvalue weighted by Crippen LogP contribution is -2.24. The maximum atomic E-state index is 12.9. The molecular formula is C22H27F2N3O7S2. The second kappa shape index (κ2) is 12.0. The first-order valence-electron chi connectivity index (χ1n) is 9.99. The predicted octanol–water partition coefficient (Wildman–Crippen LogP) is 1.94. The Morgan fingerprint density at radius 1 is 0.833 bits per heavy atom. The third-order valence-electron chi connectivity index (χ3n) is 4.75. The molecule has 0 atom stereocenters. The van der Waals surface area contributed by atoms with Crippen molar-refractivity contribution in [3.05, 3.63) is 57.6 Å². The van der Waals surface area contributed by atoms with Crippen LogP contribution in [-0.2, 0) is 37.8 Å². The first kappa shape index (κ1) is 30.6. The van der Waals surface area contributed by atoms with Crippen molar-refractivity contribution in [2.45, 2.75) is 37.0 Å². The topological polar surface area (TPSA) is 176 Å². The highest BCUT2D eigenvalue weighted by Crippen LogP contribution is 2.23. The lowest BCUT2D eigenvalue weighted by atomic mass is 10.0. The molecule has 0 aliphatic rings. The van der Waals surface area contributed by atoms with Crippen LogP contribution in [0, 0.1) is 13.8 Å². The van der Waals surface area contributed by atoms with Crippen molar-refractivity contribution in [1.29, 1.82) is 0 Å². The highest BCUT2D eigenvalue weighted by molar-refractivity contribution is 7.91. The van der Waals surface area contributed by atoms with E-state index in [1.807, 2.05) is 0 Å². The number of aliphatic imine (C=N–C) groups is 1. The van der Waals surface area contributed by atoms with Crippen molar-refractivity contribution in [2.75, 3.05) is 19.6 Å². The quantitative estimate of drug-likeness (QED) is 0.311. The van der Waals surface area contributed by atoms with Gasteiger partial charge >= 0.3 is 5.97 Å². The van der Waals surface area contributed by atoms with Crippen LogP contribution in [0.25, 0.3) is 0 Å². The minimum atomic E-state index is -3.53. The number of hydrogen-bond acceptors (Lipinski definition) is 7. The van der Waals surface area contributed by atoms with Crippen molar-refractivity contribution in [2.24, 2.45) is 16.5 Å². The van der Waals surface area contributed by atoms with Gasteiger partial charge in [0, 0.05) is 18.1 Å². The monoisotopic (exact) mass is 547 g/mol. The molecule has 0 aliphatic carbocycles. The van der Waals surface area contributed by atoms with E-state index in [9.17, 15) is 35.2 Å². The third-order valence-corrected chi connectivity index (χ3v) is 7.23. The molecule has 4 N–H and O–H groups in total. The van der Waals surface area contributed by atoms with Gasteiger partial charge in [-0.1, -0.05) is 12.1 Å². The fourth-order valence-electron chi connectivity index (χ4n) is 3.19. The average molecular weight is 548 g/mol. The molecule has 2 aromatic rings. The zero-order chi connectivity index (χ0) is 28.0. The number of ether oxygens (including phenoxy) is 1. The Morgan fingerprint density at radius 2 is 1.22 bits per heavy atom. The van der Waals surface area contributed by atoms with E-state index in [-0.39, 0.29) is 32.0 Å². The Balaban J connectivity index is 0.000000362. The number of amides is 1. The van der Waals surface area contributed by atoms with Crippen molar-refractivity contribution < 1.29 is 39.9 Å². The first-order chi connectivity index (χ1) is 16.5. The van der Waals surface area contributed by atoms with E-state index >= 15 is 0 Å². The molecule has 0 aliphatic heterocycles. The van der Waals surface area contributed by atoms with Gasteiger partial charge in [0.15, 0.2) is 25.6 Å². The molecule has 0 heterocycles. The number of esters is 1. The molecule has 0 radical (unpaired) electrons. The fraction of sp³-hybridized carbons (Fsp3) is 0.318. The van der Waals surface area contributed by atoms with Gasteiger partial charge in [-0.25, -0.2) is 30.4 Å². The van der Waals surface area contributed by atoms with E-state index in [0.29, 0.717) is 11.1 Å². The number of rotatable bonds is 6. The lowest BCUT2D eigenvalue weighted by Gasteiger charge is -2.10. The minimum absolute atomic E-state index is 0.00935. The lowest BCUT2D eigenvalue weighted by molar-refractivity contribution is 0.0598. The summed E-state index contributed by atoms with van der Waals surface area (Å²) in [6.07, 6.45) is 2.03. The van der Waals surface area contributed by atoms with Crippen molar-refractivity contribution >= 4 is 37.5 Å². The number of carbonyl (C=O) groups is 2. The molecule has 36 heavy (non-hydrogen) atoms. The highest BCUT2D eigenvalue weighted by atomic mass is 32.2. The maximum Gasteiger partial charge on any atom is 0.338 e. The fourth-order valence-corrected chi connectivity index (χ4v) is 5.14. The van der Waals surface area contributed by atoms with E-state index in [1.165, 1.54) is 19.1 Å². The van der Waals surface area contributed by atoms with Crippen LogP contribution in [0.5, 0.6) is 0 Å². The number of aryl methyl sites for hydroxylation is 2. The SMILES string of the molecule is COC(=O)c1cc(S(C)(=O)=O)c(C)cc1CF.Cc1cc(CF)c(C(=O)N=C(N)N)cc1S(C)(=O)=O. The number of carbonyl (C=O) groups excluding carboxylic acids is 2. The number of sulfone groups is 2. The van der Waals surface area contributed by atoms with E-state index in [0.717, 1.165) is 31.8 Å². The summed E-state index contributed by atoms with van der Waals surface area (Å²) in [5.74, 6) is -2.10. The molecule has 1 amide bonds. The second-order valence-corrected chi connectivity index (χ2v) is 11.7.